The molecule has 4 aromatic rings. The molecule has 30 heavy (non-hydrogen) atoms. The molecule has 150 valence electrons. The molecule has 5 heteroatoms. The molecular formula is C25H21ClN2OS. The topological polar surface area (TPSA) is 33.2 Å². The Labute approximate surface area is 185 Å². The van der Waals surface area contributed by atoms with Crippen LogP contribution >= 0.6 is 22.9 Å². The fourth-order valence-electron chi connectivity index (χ4n) is 3.16. The van der Waals surface area contributed by atoms with Crippen molar-refractivity contribution in [2.75, 3.05) is 4.90 Å². The summed E-state index contributed by atoms with van der Waals surface area (Å²) >= 11 is 7.77. The van der Waals surface area contributed by atoms with Gasteiger partial charge in [-0.1, -0.05) is 84.5 Å². The van der Waals surface area contributed by atoms with E-state index in [1.807, 2.05) is 60.7 Å². The predicted octanol–water partition coefficient (Wildman–Crippen LogP) is 6.76. The van der Waals surface area contributed by atoms with Gasteiger partial charge in [0, 0.05) is 11.1 Å². The lowest BCUT2D eigenvalue weighted by molar-refractivity contribution is -0.114. The van der Waals surface area contributed by atoms with Crippen molar-refractivity contribution in [2.45, 2.75) is 19.9 Å². The molecule has 0 spiro atoms. The van der Waals surface area contributed by atoms with Crippen molar-refractivity contribution < 1.29 is 4.79 Å². The molecule has 3 aromatic carbocycles. The van der Waals surface area contributed by atoms with Gasteiger partial charge in [-0.05, 0) is 47.4 Å². The van der Waals surface area contributed by atoms with E-state index in [9.17, 15) is 4.79 Å². The second-order valence-electron chi connectivity index (χ2n) is 6.92. The molecule has 0 saturated carbocycles. The monoisotopic (exact) mass is 432 g/mol. The van der Waals surface area contributed by atoms with E-state index >= 15 is 0 Å². The number of aryl methyl sites for hydroxylation is 1. The number of hydrogen-bond acceptors (Lipinski definition) is 3. The standard InChI is InChI=1S/C25H21ClN2OS/c1-2-18-12-14-22-23(16-18)30-25(27-22)28(17-19-8-4-3-5-9-19)24(29)15-13-20-10-6-7-11-21(20)26/h3-16H,2,17H2,1H3/b15-13+. The van der Waals surface area contributed by atoms with E-state index in [4.69, 9.17) is 16.6 Å². The van der Waals surface area contributed by atoms with Gasteiger partial charge in [0.25, 0.3) is 5.91 Å². The molecule has 1 heterocycles. The Morgan fingerprint density at radius 1 is 1.03 bits per heavy atom. The third kappa shape index (κ3) is 4.61. The van der Waals surface area contributed by atoms with Crippen molar-refractivity contribution in [1.82, 2.24) is 4.98 Å². The molecule has 3 nitrogen and oxygen atoms in total. The van der Waals surface area contributed by atoms with Gasteiger partial charge in [-0.15, -0.1) is 0 Å². The summed E-state index contributed by atoms with van der Waals surface area (Å²) in [7, 11) is 0. The highest BCUT2D eigenvalue weighted by Gasteiger charge is 2.18. The van der Waals surface area contributed by atoms with Crippen LogP contribution in [0, 0.1) is 0 Å². The minimum absolute atomic E-state index is 0.131. The lowest BCUT2D eigenvalue weighted by Crippen LogP contribution is -2.28. The number of carbonyl (C=O) groups is 1. The van der Waals surface area contributed by atoms with E-state index in [0.29, 0.717) is 16.7 Å². The first-order chi connectivity index (χ1) is 14.6. The van der Waals surface area contributed by atoms with Crippen molar-refractivity contribution in [2.24, 2.45) is 0 Å². The van der Waals surface area contributed by atoms with E-state index in [1.165, 1.54) is 5.56 Å². The van der Waals surface area contributed by atoms with Gasteiger partial charge in [-0.25, -0.2) is 4.98 Å². The number of carbonyl (C=O) groups excluding carboxylic acids is 1. The Kier molecular flexibility index (Phi) is 6.26. The van der Waals surface area contributed by atoms with Crippen LogP contribution in [-0.2, 0) is 17.8 Å². The molecule has 1 amide bonds. The van der Waals surface area contributed by atoms with Crippen molar-refractivity contribution in [3.63, 3.8) is 0 Å². The summed E-state index contributed by atoms with van der Waals surface area (Å²) in [6, 6.07) is 23.7. The van der Waals surface area contributed by atoms with Crippen molar-refractivity contribution in [3.8, 4) is 0 Å². The smallest absolute Gasteiger partial charge is 0.253 e. The molecule has 0 radical (unpaired) electrons. The van der Waals surface area contributed by atoms with E-state index in [0.717, 1.165) is 27.8 Å². The highest BCUT2D eigenvalue weighted by atomic mass is 35.5. The molecule has 0 N–H and O–H groups in total. The van der Waals surface area contributed by atoms with Crippen LogP contribution in [0.15, 0.2) is 78.9 Å². The second kappa shape index (κ2) is 9.24. The minimum atomic E-state index is -0.131. The van der Waals surface area contributed by atoms with Crippen LogP contribution in [0.5, 0.6) is 0 Å². The molecule has 0 bridgehead atoms. The fourth-order valence-corrected chi connectivity index (χ4v) is 4.39. The predicted molar refractivity (Wildman–Crippen MR) is 127 cm³/mol. The first kappa shape index (κ1) is 20.3. The summed E-state index contributed by atoms with van der Waals surface area (Å²) in [5.74, 6) is -0.131. The Morgan fingerprint density at radius 2 is 1.80 bits per heavy atom. The quantitative estimate of drug-likeness (QED) is 0.315. The number of aromatic nitrogens is 1. The molecule has 0 aliphatic rings. The van der Waals surface area contributed by atoms with E-state index in [2.05, 4.69) is 19.1 Å². The molecule has 0 fully saturated rings. The van der Waals surface area contributed by atoms with Crippen molar-refractivity contribution in [3.05, 3.63) is 101 Å². The SMILES string of the molecule is CCc1ccc2nc(N(Cc3ccccc3)C(=O)/C=C/c3ccccc3Cl)sc2c1. The maximum absolute atomic E-state index is 13.2. The van der Waals surface area contributed by atoms with Gasteiger partial charge in [0.15, 0.2) is 5.13 Å². The van der Waals surface area contributed by atoms with E-state index in [1.54, 1.807) is 28.4 Å². The van der Waals surface area contributed by atoms with Crippen LogP contribution < -0.4 is 4.90 Å². The zero-order chi connectivity index (χ0) is 20.9. The van der Waals surface area contributed by atoms with Gasteiger partial charge < -0.3 is 0 Å². The first-order valence-corrected chi connectivity index (χ1v) is 11.0. The summed E-state index contributed by atoms with van der Waals surface area (Å²) in [6.07, 6.45) is 4.29. The average Bonchev–Trinajstić information content (AvgIpc) is 3.20. The van der Waals surface area contributed by atoms with Crippen molar-refractivity contribution in [1.29, 1.82) is 0 Å². The summed E-state index contributed by atoms with van der Waals surface area (Å²) < 4.78 is 1.09. The van der Waals surface area contributed by atoms with E-state index in [-0.39, 0.29) is 5.91 Å². The van der Waals surface area contributed by atoms with Crippen LogP contribution in [-0.4, -0.2) is 10.9 Å². The van der Waals surface area contributed by atoms with Gasteiger partial charge in [-0.2, -0.15) is 0 Å². The third-order valence-corrected chi connectivity index (χ3v) is 6.23. The summed E-state index contributed by atoms with van der Waals surface area (Å²) in [4.78, 5) is 19.7. The number of rotatable bonds is 6. The number of hydrogen-bond donors (Lipinski definition) is 0. The summed E-state index contributed by atoms with van der Waals surface area (Å²) in [6.45, 7) is 2.58. The Morgan fingerprint density at radius 3 is 2.57 bits per heavy atom. The van der Waals surface area contributed by atoms with Crippen LogP contribution in [0.2, 0.25) is 5.02 Å². The summed E-state index contributed by atoms with van der Waals surface area (Å²) in [5.41, 5.74) is 4.03. The number of benzene rings is 3. The molecule has 0 saturated heterocycles. The van der Waals surface area contributed by atoms with Gasteiger partial charge >= 0.3 is 0 Å². The van der Waals surface area contributed by atoms with Crippen LogP contribution in [0.4, 0.5) is 5.13 Å². The summed E-state index contributed by atoms with van der Waals surface area (Å²) in [5, 5.41) is 1.30. The lowest BCUT2D eigenvalue weighted by Gasteiger charge is -2.18. The number of fused-ring (bicyclic) bond motifs is 1. The van der Waals surface area contributed by atoms with Crippen molar-refractivity contribution >= 4 is 50.3 Å². The largest absolute Gasteiger partial charge is 0.280 e. The van der Waals surface area contributed by atoms with Crippen LogP contribution in [0.25, 0.3) is 16.3 Å². The molecule has 0 unspecified atom stereocenters. The zero-order valence-electron chi connectivity index (χ0n) is 16.6. The highest BCUT2D eigenvalue weighted by molar-refractivity contribution is 7.22. The molecular weight excluding hydrogens is 412 g/mol. The van der Waals surface area contributed by atoms with Gasteiger partial charge in [-0.3, -0.25) is 9.69 Å². The van der Waals surface area contributed by atoms with E-state index < -0.39 is 0 Å². The number of anilines is 1. The molecule has 0 aliphatic heterocycles. The molecule has 0 aliphatic carbocycles. The number of nitrogens with zero attached hydrogens (tertiary/aromatic N) is 2. The third-order valence-electron chi connectivity index (χ3n) is 4.84. The normalized spacial score (nSPS) is 11.3. The van der Waals surface area contributed by atoms with Crippen LogP contribution in [0.1, 0.15) is 23.6 Å². The molecule has 4 rings (SSSR count). The van der Waals surface area contributed by atoms with Crippen LogP contribution in [0.3, 0.4) is 0 Å². The number of amides is 1. The molecule has 0 atom stereocenters. The first-order valence-electron chi connectivity index (χ1n) is 9.81. The fraction of sp³-hybridized carbons (Fsp3) is 0.120. The number of halogens is 1. The van der Waals surface area contributed by atoms with Gasteiger partial charge in [0.1, 0.15) is 0 Å². The maximum Gasteiger partial charge on any atom is 0.253 e. The Hall–Kier alpha value is -2.95. The average molecular weight is 433 g/mol. The molecule has 1 aromatic heterocycles. The lowest BCUT2D eigenvalue weighted by atomic mass is 10.2. The Balaban J connectivity index is 1.69. The Bertz CT molecular complexity index is 1200. The van der Waals surface area contributed by atoms with Gasteiger partial charge in [0.2, 0.25) is 0 Å². The number of thiazole rings is 1. The maximum atomic E-state index is 13.2. The minimum Gasteiger partial charge on any atom is -0.280 e. The highest BCUT2D eigenvalue weighted by Crippen LogP contribution is 2.31. The van der Waals surface area contributed by atoms with Gasteiger partial charge in [0.05, 0.1) is 16.8 Å². The second-order valence-corrected chi connectivity index (χ2v) is 8.33. The zero-order valence-corrected chi connectivity index (χ0v) is 18.2.